The summed E-state index contributed by atoms with van der Waals surface area (Å²) in [7, 11) is 0. The van der Waals surface area contributed by atoms with Crippen molar-refractivity contribution in [2.24, 2.45) is 0 Å². The number of aromatic nitrogens is 2. The number of rotatable bonds is 0. The number of H-pyrrole nitrogens is 1. The van der Waals surface area contributed by atoms with Crippen molar-refractivity contribution in [2.45, 2.75) is 0 Å². The molecule has 0 aliphatic carbocycles. The van der Waals surface area contributed by atoms with Gasteiger partial charge >= 0.3 is 0 Å². The molecule has 3 nitrogen and oxygen atoms in total. The fourth-order valence-electron chi connectivity index (χ4n) is 0.945. The molecule has 58 valence electrons. The lowest BCUT2D eigenvalue weighted by molar-refractivity contribution is 0.457. The van der Waals surface area contributed by atoms with Crippen LogP contribution in [0.4, 0.5) is 0 Å². The van der Waals surface area contributed by atoms with Gasteiger partial charge in [0.05, 0.1) is 10.9 Å². The Hall–Kier alpha value is -1.22. The first-order chi connectivity index (χ1) is 4.88. The van der Waals surface area contributed by atoms with Gasteiger partial charge in [0.1, 0.15) is 0 Å². The van der Waals surface area contributed by atoms with Gasteiger partial charge in [0, 0.05) is 0 Å². The molecule has 0 aliphatic heterocycles. The number of nitrogens with one attached hydrogen (secondary N) is 1. The summed E-state index contributed by atoms with van der Waals surface area (Å²) in [6, 6.07) is 7.39. The number of fused-ring (bicyclic) bond motifs is 1. The number of halogens is 1. The maximum Gasteiger partial charge on any atom is 0.214 e. The van der Waals surface area contributed by atoms with Crippen LogP contribution in [0.5, 0.6) is 5.88 Å². The third-order valence-electron chi connectivity index (χ3n) is 1.44. The first-order valence-electron chi connectivity index (χ1n) is 3.00. The fourth-order valence-corrected chi connectivity index (χ4v) is 0.945. The van der Waals surface area contributed by atoms with Crippen molar-refractivity contribution in [1.29, 1.82) is 0 Å². The Bertz CT molecular complexity index is 358. The molecule has 0 radical (unpaired) electrons. The van der Waals surface area contributed by atoms with E-state index in [-0.39, 0.29) is 18.3 Å². The van der Waals surface area contributed by atoms with Crippen molar-refractivity contribution < 1.29 is 5.11 Å². The van der Waals surface area contributed by atoms with E-state index in [2.05, 4.69) is 10.2 Å². The second kappa shape index (κ2) is 2.80. The third-order valence-corrected chi connectivity index (χ3v) is 1.44. The average Bonchev–Trinajstić information content (AvgIpc) is 2.34. The number of hydrogen-bond donors (Lipinski definition) is 2. The molecule has 2 N–H and O–H groups in total. The molecular formula is C7H7ClN2O. The molecule has 0 bridgehead atoms. The van der Waals surface area contributed by atoms with E-state index in [0.717, 1.165) is 10.9 Å². The van der Waals surface area contributed by atoms with Crippen molar-refractivity contribution >= 4 is 23.3 Å². The maximum atomic E-state index is 9.09. The Balaban J connectivity index is 0.000000605. The average molecular weight is 171 g/mol. The van der Waals surface area contributed by atoms with Gasteiger partial charge in [-0.1, -0.05) is 12.1 Å². The van der Waals surface area contributed by atoms with Crippen LogP contribution in [-0.4, -0.2) is 15.3 Å². The SMILES string of the molecule is Cl.Oc1[nH]nc2ccccc12. The normalized spacial score (nSPS) is 9.45. The molecule has 4 heteroatoms. The van der Waals surface area contributed by atoms with Crippen LogP contribution in [0.25, 0.3) is 10.9 Å². The smallest absolute Gasteiger partial charge is 0.214 e. The monoisotopic (exact) mass is 170 g/mol. The molecule has 0 amide bonds. The van der Waals surface area contributed by atoms with Crippen LogP contribution in [0.1, 0.15) is 0 Å². The lowest BCUT2D eigenvalue weighted by Gasteiger charge is -1.83. The summed E-state index contributed by atoms with van der Waals surface area (Å²) in [5.74, 6) is 0.135. The van der Waals surface area contributed by atoms with Gasteiger partial charge in [-0.25, -0.2) is 5.10 Å². The number of hydrogen-bond acceptors (Lipinski definition) is 2. The highest BCUT2D eigenvalue weighted by Crippen LogP contribution is 2.19. The van der Waals surface area contributed by atoms with E-state index in [1.165, 1.54) is 0 Å². The van der Waals surface area contributed by atoms with Gasteiger partial charge in [0.25, 0.3) is 0 Å². The highest BCUT2D eigenvalue weighted by molar-refractivity contribution is 5.85. The van der Waals surface area contributed by atoms with Gasteiger partial charge in [0.15, 0.2) is 0 Å². The standard InChI is InChI=1S/C7H6N2O.ClH/c10-7-5-3-1-2-4-6(5)8-9-7;/h1-4H,(H2,8,9,10);1H. The Kier molecular flexibility index (Phi) is 2.01. The maximum absolute atomic E-state index is 9.09. The largest absolute Gasteiger partial charge is 0.493 e. The van der Waals surface area contributed by atoms with E-state index < -0.39 is 0 Å². The number of nitrogens with zero attached hydrogens (tertiary/aromatic N) is 1. The lowest BCUT2D eigenvalue weighted by Crippen LogP contribution is -1.63. The summed E-state index contributed by atoms with van der Waals surface area (Å²) in [5, 5.41) is 16.2. The summed E-state index contributed by atoms with van der Waals surface area (Å²) >= 11 is 0. The van der Waals surface area contributed by atoms with Crippen LogP contribution in [0.2, 0.25) is 0 Å². The second-order valence-electron chi connectivity index (χ2n) is 2.09. The van der Waals surface area contributed by atoms with Gasteiger partial charge in [-0.3, -0.25) is 0 Å². The topological polar surface area (TPSA) is 48.9 Å². The zero-order valence-electron chi connectivity index (χ0n) is 5.61. The molecular weight excluding hydrogens is 164 g/mol. The zero-order valence-corrected chi connectivity index (χ0v) is 6.43. The van der Waals surface area contributed by atoms with Crippen molar-refractivity contribution in [2.75, 3.05) is 0 Å². The van der Waals surface area contributed by atoms with Gasteiger partial charge in [-0.05, 0) is 12.1 Å². The molecule has 11 heavy (non-hydrogen) atoms. The van der Waals surface area contributed by atoms with E-state index in [0.29, 0.717) is 0 Å². The van der Waals surface area contributed by atoms with Gasteiger partial charge < -0.3 is 5.11 Å². The predicted octanol–water partition coefficient (Wildman–Crippen LogP) is 1.69. The first-order valence-corrected chi connectivity index (χ1v) is 3.00. The van der Waals surface area contributed by atoms with Crippen LogP contribution in [0.15, 0.2) is 24.3 Å². The zero-order chi connectivity index (χ0) is 6.97. The predicted molar refractivity (Wildman–Crippen MR) is 45.0 cm³/mol. The molecule has 1 aromatic heterocycles. The van der Waals surface area contributed by atoms with Crippen LogP contribution in [-0.2, 0) is 0 Å². The molecule has 0 spiro atoms. The molecule has 0 aliphatic rings. The van der Waals surface area contributed by atoms with E-state index in [4.69, 9.17) is 5.11 Å². The van der Waals surface area contributed by atoms with Gasteiger partial charge in [-0.2, -0.15) is 5.10 Å². The molecule has 1 aromatic carbocycles. The molecule has 0 saturated carbocycles. The molecule has 2 aromatic rings. The molecule has 0 saturated heterocycles. The molecule has 0 atom stereocenters. The minimum Gasteiger partial charge on any atom is -0.493 e. The lowest BCUT2D eigenvalue weighted by atomic mass is 10.2. The number of aromatic hydroxyl groups is 1. The highest BCUT2D eigenvalue weighted by Gasteiger charge is 1.99. The number of aromatic amines is 1. The molecule has 0 fully saturated rings. The van der Waals surface area contributed by atoms with Crippen molar-refractivity contribution in [3.8, 4) is 5.88 Å². The van der Waals surface area contributed by atoms with Crippen molar-refractivity contribution in [3.05, 3.63) is 24.3 Å². The third kappa shape index (κ3) is 1.14. The molecule has 2 rings (SSSR count). The Morgan fingerprint density at radius 2 is 2.00 bits per heavy atom. The van der Waals surface area contributed by atoms with Gasteiger partial charge in [0.2, 0.25) is 5.88 Å². The summed E-state index contributed by atoms with van der Waals surface area (Å²) in [6.45, 7) is 0. The number of benzene rings is 1. The van der Waals surface area contributed by atoms with Crippen molar-refractivity contribution in [1.82, 2.24) is 10.2 Å². The quantitative estimate of drug-likeness (QED) is 0.632. The van der Waals surface area contributed by atoms with E-state index in [1.807, 2.05) is 24.3 Å². The minimum absolute atomic E-state index is 0. The van der Waals surface area contributed by atoms with Crippen LogP contribution >= 0.6 is 12.4 Å². The van der Waals surface area contributed by atoms with Gasteiger partial charge in [-0.15, -0.1) is 12.4 Å². The first kappa shape index (κ1) is 7.88. The Labute approximate surface area is 69.5 Å². The van der Waals surface area contributed by atoms with Crippen LogP contribution in [0.3, 0.4) is 0 Å². The summed E-state index contributed by atoms with van der Waals surface area (Å²) in [6.07, 6.45) is 0. The molecule has 0 unspecified atom stereocenters. The molecule has 1 heterocycles. The van der Waals surface area contributed by atoms with Crippen LogP contribution in [0, 0.1) is 0 Å². The Morgan fingerprint density at radius 1 is 1.27 bits per heavy atom. The van der Waals surface area contributed by atoms with Crippen molar-refractivity contribution in [3.63, 3.8) is 0 Å². The Morgan fingerprint density at radius 3 is 2.73 bits per heavy atom. The summed E-state index contributed by atoms with van der Waals surface area (Å²) in [5.41, 5.74) is 0.792. The highest BCUT2D eigenvalue weighted by atomic mass is 35.5. The van der Waals surface area contributed by atoms with E-state index in [1.54, 1.807) is 0 Å². The second-order valence-corrected chi connectivity index (χ2v) is 2.09. The van der Waals surface area contributed by atoms with Crippen LogP contribution < -0.4 is 0 Å². The fraction of sp³-hybridized carbons (Fsp3) is 0. The summed E-state index contributed by atoms with van der Waals surface area (Å²) < 4.78 is 0. The van der Waals surface area contributed by atoms with E-state index >= 15 is 0 Å². The van der Waals surface area contributed by atoms with E-state index in [9.17, 15) is 0 Å². The minimum atomic E-state index is 0. The number of para-hydroxylation sites is 1. The summed E-state index contributed by atoms with van der Waals surface area (Å²) in [4.78, 5) is 0.